The smallest absolute Gasteiger partial charge is 0.123 e. The summed E-state index contributed by atoms with van der Waals surface area (Å²) < 4.78 is 5.61. The van der Waals surface area contributed by atoms with E-state index < -0.39 is 0 Å². The molecule has 0 radical (unpaired) electrons. The molecule has 0 heterocycles. The summed E-state index contributed by atoms with van der Waals surface area (Å²) in [6.07, 6.45) is 5.12. The molecule has 2 atom stereocenters. The molecule has 0 bridgehead atoms. The minimum atomic E-state index is -0.0307. The van der Waals surface area contributed by atoms with E-state index in [0.717, 1.165) is 36.9 Å². The second-order valence-electron chi connectivity index (χ2n) is 7.09. The summed E-state index contributed by atoms with van der Waals surface area (Å²) in [5.41, 5.74) is 3.76. The Morgan fingerprint density at radius 2 is 2.00 bits per heavy atom. The van der Waals surface area contributed by atoms with Crippen LogP contribution in [-0.4, -0.2) is 30.4 Å². The largest absolute Gasteiger partial charge is 0.507 e. The average Bonchev–Trinajstić information content (AvgIpc) is 2.54. The molecule has 1 aromatic carbocycles. The molecule has 0 saturated heterocycles. The molecule has 0 unspecified atom stereocenters. The fourth-order valence-corrected chi connectivity index (χ4v) is 3.55. The predicted octanol–water partition coefficient (Wildman–Crippen LogP) is 4.24. The van der Waals surface area contributed by atoms with Crippen LogP contribution in [0, 0.1) is 5.92 Å². The van der Waals surface area contributed by atoms with E-state index >= 15 is 0 Å². The first-order chi connectivity index (χ1) is 11.9. The van der Waals surface area contributed by atoms with Gasteiger partial charge in [-0.25, -0.2) is 0 Å². The molecule has 0 aliphatic heterocycles. The van der Waals surface area contributed by atoms with E-state index in [1.54, 1.807) is 12.1 Å². The first kappa shape index (κ1) is 19.5. The van der Waals surface area contributed by atoms with Gasteiger partial charge >= 0.3 is 0 Å². The van der Waals surface area contributed by atoms with Crippen molar-refractivity contribution >= 4 is 0 Å². The molecule has 2 rings (SSSR count). The first-order valence-corrected chi connectivity index (χ1v) is 9.03. The van der Waals surface area contributed by atoms with E-state index in [1.165, 1.54) is 5.57 Å². The molecular weight excluding hydrogens is 314 g/mol. The van der Waals surface area contributed by atoms with Crippen LogP contribution in [0.15, 0.2) is 35.9 Å². The Morgan fingerprint density at radius 3 is 2.60 bits per heavy atom. The minimum absolute atomic E-state index is 0.0307. The van der Waals surface area contributed by atoms with Crippen LogP contribution in [0.3, 0.4) is 0 Å². The Balaban J connectivity index is 2.18. The van der Waals surface area contributed by atoms with Crippen LogP contribution in [0.1, 0.15) is 50.2 Å². The van der Waals surface area contributed by atoms with Crippen molar-refractivity contribution in [3.63, 3.8) is 0 Å². The van der Waals surface area contributed by atoms with Crippen molar-refractivity contribution in [2.75, 3.05) is 20.2 Å². The minimum Gasteiger partial charge on any atom is -0.507 e. The van der Waals surface area contributed by atoms with Crippen molar-refractivity contribution in [2.45, 2.75) is 45.6 Å². The van der Waals surface area contributed by atoms with Crippen molar-refractivity contribution in [3.8, 4) is 11.5 Å². The van der Waals surface area contributed by atoms with Crippen molar-refractivity contribution in [3.05, 3.63) is 47.1 Å². The van der Waals surface area contributed by atoms with Crippen LogP contribution < -0.4 is 5.32 Å². The second kappa shape index (κ2) is 9.07. The normalized spacial score (nSPS) is 20.4. The zero-order valence-electron chi connectivity index (χ0n) is 15.6. The van der Waals surface area contributed by atoms with Gasteiger partial charge in [-0.1, -0.05) is 23.8 Å². The summed E-state index contributed by atoms with van der Waals surface area (Å²) in [5.74, 6) is 0.480. The number of phenols is 2. The van der Waals surface area contributed by atoms with Gasteiger partial charge in [0.2, 0.25) is 0 Å². The SMILES string of the molecule is C=C(C)[C@@H]1CCC(C)=C[C@H]1c1c(O)cc(COCCCNC)cc1O. The van der Waals surface area contributed by atoms with Gasteiger partial charge in [-0.05, 0) is 70.3 Å². The van der Waals surface area contributed by atoms with Gasteiger partial charge in [0.25, 0.3) is 0 Å². The van der Waals surface area contributed by atoms with Crippen LogP contribution >= 0.6 is 0 Å². The third-order valence-corrected chi connectivity index (χ3v) is 4.89. The topological polar surface area (TPSA) is 61.7 Å². The number of allylic oxidation sites excluding steroid dienone is 3. The number of nitrogens with one attached hydrogen (secondary N) is 1. The highest BCUT2D eigenvalue weighted by molar-refractivity contribution is 5.51. The van der Waals surface area contributed by atoms with E-state index in [4.69, 9.17) is 4.74 Å². The van der Waals surface area contributed by atoms with Gasteiger partial charge in [-0.15, -0.1) is 0 Å². The zero-order chi connectivity index (χ0) is 18.4. The molecule has 1 aliphatic rings. The molecule has 138 valence electrons. The highest BCUT2D eigenvalue weighted by Gasteiger charge is 2.30. The van der Waals surface area contributed by atoms with E-state index in [-0.39, 0.29) is 23.3 Å². The standard InChI is InChI=1S/C21H31NO3/c1-14(2)17-7-6-15(3)10-18(17)21-19(23)11-16(12-20(21)24)13-25-9-5-8-22-4/h10-12,17-18,22-24H,1,5-9,13H2,2-4H3/t17-,18+/m0/s1. The molecule has 0 amide bonds. The van der Waals surface area contributed by atoms with Crippen LogP contribution in [0.2, 0.25) is 0 Å². The molecule has 0 aromatic heterocycles. The maximum atomic E-state index is 10.6. The van der Waals surface area contributed by atoms with Gasteiger partial charge in [0.1, 0.15) is 11.5 Å². The Labute approximate surface area is 151 Å². The summed E-state index contributed by atoms with van der Waals surface area (Å²) in [4.78, 5) is 0. The lowest BCUT2D eigenvalue weighted by molar-refractivity contribution is 0.118. The van der Waals surface area contributed by atoms with Gasteiger partial charge < -0.3 is 20.3 Å². The number of hydrogen-bond donors (Lipinski definition) is 3. The predicted molar refractivity (Wildman–Crippen MR) is 102 cm³/mol. The Hall–Kier alpha value is -1.78. The van der Waals surface area contributed by atoms with E-state index in [2.05, 4.69) is 24.9 Å². The molecule has 0 fully saturated rings. The molecule has 0 spiro atoms. The van der Waals surface area contributed by atoms with E-state index in [0.29, 0.717) is 18.8 Å². The van der Waals surface area contributed by atoms with Crippen LogP contribution in [0.4, 0.5) is 0 Å². The molecule has 4 nitrogen and oxygen atoms in total. The number of phenolic OH excluding ortho intramolecular Hbond substituents is 2. The number of hydrogen-bond acceptors (Lipinski definition) is 4. The fourth-order valence-electron chi connectivity index (χ4n) is 3.55. The zero-order valence-corrected chi connectivity index (χ0v) is 15.6. The second-order valence-corrected chi connectivity index (χ2v) is 7.09. The van der Waals surface area contributed by atoms with Crippen molar-refractivity contribution in [1.29, 1.82) is 0 Å². The lowest BCUT2D eigenvalue weighted by Gasteiger charge is -2.31. The van der Waals surface area contributed by atoms with Gasteiger partial charge in [0.05, 0.1) is 6.61 Å². The van der Waals surface area contributed by atoms with Crippen LogP contribution in [-0.2, 0) is 11.3 Å². The van der Waals surface area contributed by atoms with Crippen LogP contribution in [0.25, 0.3) is 0 Å². The van der Waals surface area contributed by atoms with Gasteiger partial charge in [-0.3, -0.25) is 0 Å². The number of ether oxygens (including phenoxy) is 1. The summed E-state index contributed by atoms with van der Waals surface area (Å²) in [7, 11) is 1.91. The Bertz CT molecular complexity index is 613. The highest BCUT2D eigenvalue weighted by Crippen LogP contribution is 2.46. The lowest BCUT2D eigenvalue weighted by atomic mass is 9.74. The lowest BCUT2D eigenvalue weighted by Crippen LogP contribution is -2.17. The van der Waals surface area contributed by atoms with Crippen molar-refractivity contribution < 1.29 is 14.9 Å². The summed E-state index contributed by atoms with van der Waals surface area (Å²) >= 11 is 0. The third kappa shape index (κ3) is 5.10. The summed E-state index contributed by atoms with van der Waals surface area (Å²) in [6, 6.07) is 3.42. The van der Waals surface area contributed by atoms with Crippen molar-refractivity contribution in [1.82, 2.24) is 5.32 Å². The highest BCUT2D eigenvalue weighted by atomic mass is 16.5. The third-order valence-electron chi connectivity index (χ3n) is 4.89. The Kier molecular flexibility index (Phi) is 7.09. The summed E-state index contributed by atoms with van der Waals surface area (Å²) in [6.45, 7) is 10.2. The Morgan fingerprint density at radius 1 is 1.32 bits per heavy atom. The molecule has 1 aromatic rings. The maximum Gasteiger partial charge on any atom is 0.123 e. The van der Waals surface area contributed by atoms with Crippen molar-refractivity contribution in [2.24, 2.45) is 5.92 Å². The molecule has 3 N–H and O–H groups in total. The van der Waals surface area contributed by atoms with Gasteiger partial charge in [0, 0.05) is 18.1 Å². The van der Waals surface area contributed by atoms with Gasteiger partial charge in [-0.2, -0.15) is 0 Å². The molecular formula is C21H31NO3. The molecule has 4 heteroatoms. The number of rotatable bonds is 8. The maximum absolute atomic E-state index is 10.6. The number of aromatic hydroxyl groups is 2. The van der Waals surface area contributed by atoms with Crippen LogP contribution in [0.5, 0.6) is 11.5 Å². The fraction of sp³-hybridized carbons (Fsp3) is 0.524. The van der Waals surface area contributed by atoms with E-state index in [9.17, 15) is 10.2 Å². The molecule has 25 heavy (non-hydrogen) atoms. The molecule has 0 saturated carbocycles. The molecule has 1 aliphatic carbocycles. The first-order valence-electron chi connectivity index (χ1n) is 9.03. The quantitative estimate of drug-likeness (QED) is 0.487. The monoisotopic (exact) mass is 345 g/mol. The van der Waals surface area contributed by atoms with E-state index in [1.807, 2.05) is 14.0 Å². The summed E-state index contributed by atoms with van der Waals surface area (Å²) in [5, 5.41) is 24.2. The number of benzene rings is 1. The van der Waals surface area contributed by atoms with Gasteiger partial charge in [0.15, 0.2) is 0 Å². The average molecular weight is 345 g/mol.